The highest BCUT2D eigenvalue weighted by Crippen LogP contribution is 2.30. The summed E-state index contributed by atoms with van der Waals surface area (Å²) in [5.74, 6) is 0.830. The Kier molecular flexibility index (Phi) is 7.22. The number of likely N-dealkylation sites (tertiary alicyclic amines) is 1. The molecule has 0 amide bonds. The van der Waals surface area contributed by atoms with E-state index < -0.39 is 0 Å². The Labute approximate surface area is 143 Å². The molecule has 2 saturated carbocycles. The van der Waals surface area contributed by atoms with E-state index in [9.17, 15) is 0 Å². The van der Waals surface area contributed by atoms with Crippen molar-refractivity contribution in [2.45, 2.75) is 95.7 Å². The van der Waals surface area contributed by atoms with E-state index in [0.717, 1.165) is 37.3 Å². The van der Waals surface area contributed by atoms with Gasteiger partial charge in [0.05, 0.1) is 0 Å². The van der Waals surface area contributed by atoms with E-state index in [1.54, 1.807) is 0 Å². The Balaban J connectivity index is 1.33. The van der Waals surface area contributed by atoms with Crippen molar-refractivity contribution >= 4 is 0 Å². The van der Waals surface area contributed by atoms with E-state index in [0.29, 0.717) is 0 Å². The standard InChI is InChI=1S/C20H38N2O/c1-2-23-16-17-8-10-20(11-9-17)22-14-12-19(13-15-22)21-18-6-4-3-5-7-18/h17-21H,2-16H2,1H3/t17-,20+. The Morgan fingerprint density at radius 2 is 1.48 bits per heavy atom. The Hall–Kier alpha value is -0.120. The van der Waals surface area contributed by atoms with Crippen LogP contribution in [0.15, 0.2) is 0 Å². The first-order valence-corrected chi connectivity index (χ1v) is 10.4. The lowest BCUT2D eigenvalue weighted by molar-refractivity contribution is 0.0591. The number of ether oxygens (including phenoxy) is 1. The number of nitrogens with zero attached hydrogens (tertiary/aromatic N) is 1. The molecule has 0 aromatic carbocycles. The normalized spacial score (nSPS) is 32.2. The van der Waals surface area contributed by atoms with E-state index in [-0.39, 0.29) is 0 Å². The Morgan fingerprint density at radius 3 is 2.13 bits per heavy atom. The molecule has 134 valence electrons. The van der Waals surface area contributed by atoms with Gasteiger partial charge >= 0.3 is 0 Å². The lowest BCUT2D eigenvalue weighted by Crippen LogP contribution is -2.50. The number of nitrogens with one attached hydrogen (secondary N) is 1. The van der Waals surface area contributed by atoms with E-state index >= 15 is 0 Å². The number of rotatable bonds is 6. The molecule has 3 rings (SSSR count). The minimum atomic E-state index is 0.795. The third-order valence-electron chi connectivity index (χ3n) is 6.50. The SMILES string of the molecule is CCOC[C@H]1CC[C@@H](N2CCC(NC3CCCCC3)CC2)CC1. The second-order valence-electron chi connectivity index (χ2n) is 8.15. The van der Waals surface area contributed by atoms with Gasteiger partial charge < -0.3 is 15.0 Å². The van der Waals surface area contributed by atoms with Crippen molar-refractivity contribution in [3.8, 4) is 0 Å². The van der Waals surface area contributed by atoms with Crippen molar-refractivity contribution in [3.05, 3.63) is 0 Å². The fourth-order valence-corrected chi connectivity index (χ4v) is 5.00. The third kappa shape index (κ3) is 5.44. The zero-order valence-corrected chi connectivity index (χ0v) is 15.3. The van der Waals surface area contributed by atoms with Crippen LogP contribution in [0.25, 0.3) is 0 Å². The van der Waals surface area contributed by atoms with Gasteiger partial charge in [-0.1, -0.05) is 19.3 Å². The molecule has 2 aliphatic carbocycles. The summed E-state index contributed by atoms with van der Waals surface area (Å²) in [5, 5.41) is 3.97. The molecule has 1 N–H and O–H groups in total. The van der Waals surface area contributed by atoms with Crippen LogP contribution in [0, 0.1) is 5.92 Å². The molecule has 0 bridgehead atoms. The maximum Gasteiger partial charge on any atom is 0.0494 e. The molecule has 1 heterocycles. The van der Waals surface area contributed by atoms with Crippen LogP contribution in [0.5, 0.6) is 0 Å². The van der Waals surface area contributed by atoms with Gasteiger partial charge in [0.15, 0.2) is 0 Å². The molecule has 0 unspecified atom stereocenters. The molecule has 3 nitrogen and oxygen atoms in total. The van der Waals surface area contributed by atoms with E-state index in [1.165, 1.54) is 83.7 Å². The van der Waals surface area contributed by atoms with Gasteiger partial charge in [-0.3, -0.25) is 0 Å². The van der Waals surface area contributed by atoms with Crippen molar-refractivity contribution in [2.75, 3.05) is 26.3 Å². The Morgan fingerprint density at radius 1 is 0.826 bits per heavy atom. The van der Waals surface area contributed by atoms with Crippen LogP contribution < -0.4 is 5.32 Å². The summed E-state index contributed by atoms with van der Waals surface area (Å²) in [6, 6.07) is 2.49. The monoisotopic (exact) mass is 322 g/mol. The zero-order chi connectivity index (χ0) is 15.9. The molecule has 3 fully saturated rings. The first-order valence-electron chi connectivity index (χ1n) is 10.4. The molecular weight excluding hydrogens is 284 g/mol. The minimum Gasteiger partial charge on any atom is -0.381 e. The van der Waals surface area contributed by atoms with Crippen LogP contribution in [-0.2, 0) is 4.74 Å². The fraction of sp³-hybridized carbons (Fsp3) is 1.00. The lowest BCUT2D eigenvalue weighted by Gasteiger charge is -2.42. The molecule has 0 atom stereocenters. The molecule has 1 saturated heterocycles. The second-order valence-corrected chi connectivity index (χ2v) is 8.15. The minimum absolute atomic E-state index is 0.795. The van der Waals surface area contributed by atoms with Gasteiger partial charge in [-0.05, 0) is 77.3 Å². The highest BCUT2D eigenvalue weighted by Gasteiger charge is 2.29. The molecular formula is C20H38N2O. The van der Waals surface area contributed by atoms with Gasteiger partial charge in [-0.2, -0.15) is 0 Å². The highest BCUT2D eigenvalue weighted by molar-refractivity contribution is 4.86. The van der Waals surface area contributed by atoms with Crippen molar-refractivity contribution in [1.29, 1.82) is 0 Å². The summed E-state index contributed by atoms with van der Waals surface area (Å²) in [5.41, 5.74) is 0. The number of hydrogen-bond acceptors (Lipinski definition) is 3. The Bertz CT molecular complexity index is 314. The lowest BCUT2D eigenvalue weighted by atomic mass is 9.85. The second kappa shape index (κ2) is 9.39. The summed E-state index contributed by atoms with van der Waals surface area (Å²) < 4.78 is 5.62. The number of hydrogen-bond donors (Lipinski definition) is 1. The molecule has 3 heteroatoms. The molecule has 0 aromatic heterocycles. The van der Waals surface area contributed by atoms with Crippen LogP contribution >= 0.6 is 0 Å². The predicted molar refractivity (Wildman–Crippen MR) is 96.8 cm³/mol. The van der Waals surface area contributed by atoms with Crippen molar-refractivity contribution in [2.24, 2.45) is 5.92 Å². The predicted octanol–water partition coefficient (Wildman–Crippen LogP) is 3.97. The van der Waals surface area contributed by atoms with Gasteiger partial charge in [-0.25, -0.2) is 0 Å². The average Bonchev–Trinajstić information content (AvgIpc) is 2.62. The number of piperidine rings is 1. The van der Waals surface area contributed by atoms with Crippen LogP contribution in [0.2, 0.25) is 0 Å². The quantitative estimate of drug-likeness (QED) is 0.801. The first kappa shape index (κ1) is 17.7. The molecule has 0 spiro atoms. The molecule has 3 aliphatic rings. The molecule has 0 radical (unpaired) electrons. The zero-order valence-electron chi connectivity index (χ0n) is 15.3. The maximum absolute atomic E-state index is 5.62. The van der Waals surface area contributed by atoms with Gasteiger partial charge in [0.25, 0.3) is 0 Å². The van der Waals surface area contributed by atoms with Crippen LogP contribution in [0.4, 0.5) is 0 Å². The van der Waals surface area contributed by atoms with Gasteiger partial charge in [-0.15, -0.1) is 0 Å². The summed E-state index contributed by atoms with van der Waals surface area (Å²) >= 11 is 0. The molecule has 0 aromatic rings. The van der Waals surface area contributed by atoms with Crippen molar-refractivity contribution in [3.63, 3.8) is 0 Å². The summed E-state index contributed by atoms with van der Waals surface area (Å²) in [6.07, 6.45) is 15.5. The van der Waals surface area contributed by atoms with Crippen molar-refractivity contribution in [1.82, 2.24) is 10.2 Å². The van der Waals surface area contributed by atoms with Crippen LogP contribution in [0.3, 0.4) is 0 Å². The van der Waals surface area contributed by atoms with Crippen molar-refractivity contribution < 1.29 is 4.74 Å². The van der Waals surface area contributed by atoms with Gasteiger partial charge in [0, 0.05) is 31.3 Å². The van der Waals surface area contributed by atoms with E-state index in [2.05, 4.69) is 17.1 Å². The van der Waals surface area contributed by atoms with Crippen LogP contribution in [-0.4, -0.2) is 49.3 Å². The average molecular weight is 323 g/mol. The molecule has 1 aliphatic heterocycles. The highest BCUT2D eigenvalue weighted by atomic mass is 16.5. The van der Waals surface area contributed by atoms with E-state index in [1.807, 2.05) is 0 Å². The van der Waals surface area contributed by atoms with E-state index in [4.69, 9.17) is 4.74 Å². The maximum atomic E-state index is 5.62. The van der Waals surface area contributed by atoms with Gasteiger partial charge in [0.1, 0.15) is 0 Å². The smallest absolute Gasteiger partial charge is 0.0494 e. The largest absolute Gasteiger partial charge is 0.381 e. The fourth-order valence-electron chi connectivity index (χ4n) is 5.00. The third-order valence-corrected chi connectivity index (χ3v) is 6.50. The summed E-state index contributed by atoms with van der Waals surface area (Å²) in [4.78, 5) is 2.80. The summed E-state index contributed by atoms with van der Waals surface area (Å²) in [6.45, 7) is 6.63. The van der Waals surface area contributed by atoms with Crippen LogP contribution in [0.1, 0.15) is 77.6 Å². The van der Waals surface area contributed by atoms with Gasteiger partial charge in [0.2, 0.25) is 0 Å². The summed E-state index contributed by atoms with van der Waals surface area (Å²) in [7, 11) is 0. The first-order chi connectivity index (χ1) is 11.3. The molecule has 23 heavy (non-hydrogen) atoms. The topological polar surface area (TPSA) is 24.5 Å².